The maximum absolute atomic E-state index is 14.4. The molecule has 48 heavy (non-hydrogen) atoms. The van der Waals surface area contributed by atoms with Gasteiger partial charge in [0.15, 0.2) is 0 Å². The average molecular weight is 664 g/mol. The summed E-state index contributed by atoms with van der Waals surface area (Å²) in [6.45, 7) is 0.425. The van der Waals surface area contributed by atoms with Crippen LogP contribution in [0.4, 0.5) is 0 Å². The van der Waals surface area contributed by atoms with Gasteiger partial charge in [-0.25, -0.2) is 0 Å². The van der Waals surface area contributed by atoms with E-state index in [1.54, 1.807) is 37.8 Å². The molecule has 3 N–H and O–H groups in total. The number of pyridine rings is 1. The van der Waals surface area contributed by atoms with E-state index >= 15 is 0 Å². The Kier molecular flexibility index (Phi) is 11.9. The monoisotopic (exact) mass is 663 g/mol. The molecule has 0 saturated heterocycles. The van der Waals surface area contributed by atoms with E-state index in [1.807, 2.05) is 78.2 Å². The Bertz CT molecular complexity index is 1650. The molecule has 0 aliphatic heterocycles. The largest absolute Gasteiger partial charge is 0.354 e. The van der Waals surface area contributed by atoms with Crippen LogP contribution in [0.2, 0.25) is 0 Å². The zero-order valence-electron chi connectivity index (χ0n) is 27.8. The van der Waals surface area contributed by atoms with Crippen LogP contribution in [0.3, 0.4) is 0 Å². The van der Waals surface area contributed by atoms with Crippen molar-refractivity contribution in [2.75, 3.05) is 20.6 Å². The summed E-state index contributed by atoms with van der Waals surface area (Å²) in [6, 6.07) is 24.3. The molecule has 3 amide bonds. The fourth-order valence-corrected chi connectivity index (χ4v) is 6.73. The predicted octanol–water partition coefficient (Wildman–Crippen LogP) is 5.44. The Balaban J connectivity index is 1.36. The van der Waals surface area contributed by atoms with Crippen LogP contribution in [-0.4, -0.2) is 70.8 Å². The smallest absolute Gasteiger partial charge is 0.246 e. The quantitative estimate of drug-likeness (QED) is 0.165. The fourth-order valence-electron chi connectivity index (χ4n) is 5.99. The number of carbonyl (C=O) groups is 3. The number of rotatable bonds is 15. The third-order valence-electron chi connectivity index (χ3n) is 9.28. The molecule has 1 aliphatic carbocycles. The van der Waals surface area contributed by atoms with Crippen LogP contribution in [-0.2, 0) is 33.6 Å². The van der Waals surface area contributed by atoms with E-state index in [1.165, 1.54) is 15.9 Å². The first-order valence-electron chi connectivity index (χ1n) is 16.5. The molecule has 2 heterocycles. The standard InChI is InChI=1S/C39H45N5O3S/c1-43(36(45)12-6-20-39(40)21-8-22-39)35(27-30-13-15-32(16-14-30)31-9-4-3-5-10-31)38(47)44(2)34(28-33-11-7-26-48-33)37(46)42-25-19-29-17-23-41-24-18-29/h3-7,9-18,23-24,26,34-35H,8,19-22,25,27-28,40H2,1-2H3,(H,42,46)/b12-6+. The molecule has 2 aromatic heterocycles. The summed E-state index contributed by atoms with van der Waals surface area (Å²) < 4.78 is 0. The van der Waals surface area contributed by atoms with Crippen molar-refractivity contribution in [3.8, 4) is 11.1 Å². The summed E-state index contributed by atoms with van der Waals surface area (Å²) in [4.78, 5) is 49.7. The fraction of sp³-hybridized carbons (Fsp3) is 0.333. The first kappa shape index (κ1) is 34.7. The third kappa shape index (κ3) is 9.27. The third-order valence-corrected chi connectivity index (χ3v) is 10.2. The first-order chi connectivity index (χ1) is 23.2. The van der Waals surface area contributed by atoms with Crippen LogP contribution in [0.15, 0.2) is 109 Å². The van der Waals surface area contributed by atoms with Crippen molar-refractivity contribution in [2.24, 2.45) is 5.73 Å². The van der Waals surface area contributed by atoms with Gasteiger partial charge in [0, 0.05) is 56.3 Å². The van der Waals surface area contributed by atoms with E-state index in [-0.39, 0.29) is 23.3 Å². The summed E-state index contributed by atoms with van der Waals surface area (Å²) in [5.41, 5.74) is 10.3. The van der Waals surface area contributed by atoms with E-state index in [4.69, 9.17) is 5.73 Å². The van der Waals surface area contributed by atoms with Crippen LogP contribution in [0.5, 0.6) is 0 Å². The zero-order chi connectivity index (χ0) is 33.9. The van der Waals surface area contributed by atoms with Crippen LogP contribution in [0, 0.1) is 0 Å². The van der Waals surface area contributed by atoms with Crippen LogP contribution in [0.1, 0.15) is 41.7 Å². The molecule has 8 nitrogen and oxygen atoms in total. The minimum absolute atomic E-state index is 0.234. The normalized spacial score (nSPS) is 14.9. The Labute approximate surface area is 287 Å². The van der Waals surface area contributed by atoms with Crippen LogP contribution >= 0.6 is 11.3 Å². The number of benzene rings is 2. The van der Waals surface area contributed by atoms with E-state index in [2.05, 4.69) is 22.4 Å². The highest BCUT2D eigenvalue weighted by atomic mass is 32.1. The molecular formula is C39H45N5O3S. The second kappa shape index (κ2) is 16.5. The first-order valence-corrected chi connectivity index (χ1v) is 17.4. The second-order valence-electron chi connectivity index (χ2n) is 12.7. The van der Waals surface area contributed by atoms with Crippen molar-refractivity contribution in [3.63, 3.8) is 0 Å². The van der Waals surface area contributed by atoms with Gasteiger partial charge < -0.3 is 20.9 Å². The summed E-state index contributed by atoms with van der Waals surface area (Å²) in [6.07, 6.45) is 11.7. The Morgan fingerprint density at radius 1 is 0.875 bits per heavy atom. The van der Waals surface area contributed by atoms with Gasteiger partial charge in [-0.1, -0.05) is 66.7 Å². The van der Waals surface area contributed by atoms with Gasteiger partial charge in [-0.2, -0.15) is 0 Å². The lowest BCUT2D eigenvalue weighted by atomic mass is 9.75. The molecule has 5 rings (SSSR count). The topological polar surface area (TPSA) is 109 Å². The van der Waals surface area contributed by atoms with Crippen LogP contribution < -0.4 is 11.1 Å². The van der Waals surface area contributed by atoms with Gasteiger partial charge in [0.05, 0.1) is 0 Å². The number of thiophene rings is 1. The second-order valence-corrected chi connectivity index (χ2v) is 13.7. The van der Waals surface area contributed by atoms with Gasteiger partial charge in [-0.15, -0.1) is 11.3 Å². The lowest BCUT2D eigenvalue weighted by Gasteiger charge is -2.37. The van der Waals surface area contributed by atoms with E-state index in [0.29, 0.717) is 32.2 Å². The summed E-state index contributed by atoms with van der Waals surface area (Å²) in [5.74, 6) is -0.810. The van der Waals surface area contributed by atoms with Crippen molar-refractivity contribution in [3.05, 3.63) is 125 Å². The average Bonchev–Trinajstić information content (AvgIpc) is 3.62. The van der Waals surface area contributed by atoms with Gasteiger partial charge in [0.1, 0.15) is 12.1 Å². The number of nitrogens with one attached hydrogen (secondary N) is 1. The van der Waals surface area contributed by atoms with Crippen molar-refractivity contribution < 1.29 is 14.4 Å². The summed E-state index contributed by atoms with van der Waals surface area (Å²) in [5, 5.41) is 5.01. The summed E-state index contributed by atoms with van der Waals surface area (Å²) in [7, 11) is 3.32. The Morgan fingerprint density at radius 2 is 1.58 bits per heavy atom. The van der Waals surface area contributed by atoms with Crippen molar-refractivity contribution in [1.29, 1.82) is 0 Å². The minimum atomic E-state index is -0.833. The van der Waals surface area contributed by atoms with E-state index in [9.17, 15) is 14.4 Å². The number of nitrogens with zero attached hydrogens (tertiary/aromatic N) is 3. The molecule has 1 fully saturated rings. The van der Waals surface area contributed by atoms with Crippen molar-refractivity contribution in [1.82, 2.24) is 20.1 Å². The molecule has 250 valence electrons. The molecule has 2 atom stereocenters. The lowest BCUT2D eigenvalue weighted by molar-refractivity contribution is -0.146. The maximum Gasteiger partial charge on any atom is 0.246 e. The number of hydrogen-bond donors (Lipinski definition) is 2. The van der Waals surface area contributed by atoms with Crippen molar-refractivity contribution in [2.45, 2.75) is 62.6 Å². The summed E-state index contributed by atoms with van der Waals surface area (Å²) >= 11 is 1.55. The van der Waals surface area contributed by atoms with Gasteiger partial charge in [0.2, 0.25) is 17.7 Å². The highest BCUT2D eigenvalue weighted by Gasteiger charge is 2.35. The molecule has 0 radical (unpaired) electrons. The number of amides is 3. The van der Waals surface area contributed by atoms with E-state index in [0.717, 1.165) is 46.4 Å². The van der Waals surface area contributed by atoms with Gasteiger partial charge >= 0.3 is 0 Å². The Hall–Kier alpha value is -4.60. The molecule has 2 aromatic carbocycles. The van der Waals surface area contributed by atoms with Crippen LogP contribution in [0.25, 0.3) is 11.1 Å². The predicted molar refractivity (Wildman–Crippen MR) is 192 cm³/mol. The Morgan fingerprint density at radius 3 is 2.23 bits per heavy atom. The zero-order valence-corrected chi connectivity index (χ0v) is 28.6. The molecular weight excluding hydrogens is 619 g/mol. The van der Waals surface area contributed by atoms with Gasteiger partial charge in [-0.05, 0) is 84.0 Å². The molecule has 2 unspecified atom stereocenters. The number of aromatic nitrogens is 1. The van der Waals surface area contributed by atoms with Gasteiger partial charge in [0.25, 0.3) is 0 Å². The van der Waals surface area contributed by atoms with Crippen molar-refractivity contribution >= 4 is 29.1 Å². The SMILES string of the molecule is CN(C(=O)/C=C/CC1(N)CCC1)C(Cc1ccc(-c2ccccc2)cc1)C(=O)N(C)C(Cc1cccs1)C(=O)NCCc1ccncc1. The highest BCUT2D eigenvalue weighted by molar-refractivity contribution is 7.09. The van der Waals surface area contributed by atoms with Gasteiger partial charge in [-0.3, -0.25) is 19.4 Å². The number of likely N-dealkylation sites (N-methyl/N-ethyl adjacent to an activating group) is 2. The molecule has 0 spiro atoms. The highest BCUT2D eigenvalue weighted by Crippen LogP contribution is 2.32. The molecule has 1 saturated carbocycles. The lowest BCUT2D eigenvalue weighted by Crippen LogP contribution is -2.56. The minimum Gasteiger partial charge on any atom is -0.354 e. The molecule has 9 heteroatoms. The molecule has 1 aliphatic rings. The molecule has 4 aromatic rings. The molecule has 0 bridgehead atoms. The number of carbonyl (C=O) groups excluding carboxylic acids is 3. The maximum atomic E-state index is 14.4. The number of nitrogens with two attached hydrogens (primary N) is 1. The van der Waals surface area contributed by atoms with E-state index < -0.39 is 12.1 Å². The number of hydrogen-bond acceptors (Lipinski definition) is 6.